The molecule has 0 amide bonds. The van der Waals surface area contributed by atoms with E-state index in [4.69, 9.17) is 21.1 Å². The first-order valence-electron chi connectivity index (χ1n) is 8.13. The van der Waals surface area contributed by atoms with Crippen LogP contribution in [0.15, 0.2) is 47.5 Å². The first kappa shape index (κ1) is 22.4. The molecule has 2 aromatic carbocycles. The molecule has 142 valence electrons. The van der Waals surface area contributed by atoms with Crippen LogP contribution in [-0.4, -0.2) is 26.7 Å². The summed E-state index contributed by atoms with van der Waals surface area (Å²) in [5.74, 6) is 2.32. The highest BCUT2D eigenvalue weighted by Crippen LogP contribution is 2.22. The van der Waals surface area contributed by atoms with Crippen LogP contribution in [0.3, 0.4) is 0 Å². The summed E-state index contributed by atoms with van der Waals surface area (Å²) in [4.78, 5) is 4.62. The average molecular weight is 490 g/mol. The quantitative estimate of drug-likeness (QED) is 0.347. The van der Waals surface area contributed by atoms with Gasteiger partial charge in [0.1, 0.15) is 11.5 Å². The molecule has 26 heavy (non-hydrogen) atoms. The second kappa shape index (κ2) is 11.9. The molecule has 0 saturated carbocycles. The third kappa shape index (κ3) is 6.92. The van der Waals surface area contributed by atoms with Gasteiger partial charge in [-0.25, -0.2) is 4.99 Å². The molecule has 0 aliphatic carbocycles. The van der Waals surface area contributed by atoms with Gasteiger partial charge in [0.2, 0.25) is 0 Å². The molecule has 0 bridgehead atoms. The van der Waals surface area contributed by atoms with E-state index in [2.05, 4.69) is 15.6 Å². The van der Waals surface area contributed by atoms with E-state index >= 15 is 0 Å². The Bertz CT molecular complexity index is 726. The number of nitrogens with zero attached hydrogens (tertiary/aromatic N) is 1. The summed E-state index contributed by atoms with van der Waals surface area (Å²) < 4.78 is 10.6. The minimum absolute atomic E-state index is 0. The normalized spacial score (nSPS) is 10.7. The van der Waals surface area contributed by atoms with Gasteiger partial charge in [-0.05, 0) is 36.8 Å². The molecule has 0 heterocycles. The Labute approximate surface area is 177 Å². The number of guanidine groups is 1. The van der Waals surface area contributed by atoms with Crippen molar-refractivity contribution >= 4 is 41.5 Å². The Kier molecular flexibility index (Phi) is 10.2. The number of ether oxygens (including phenoxy) is 2. The molecular weight excluding hydrogens is 465 g/mol. The molecule has 0 unspecified atom stereocenters. The summed E-state index contributed by atoms with van der Waals surface area (Å²) in [6, 6.07) is 13.5. The Balaban J connectivity index is 0.00000338. The number of aliphatic imine (C=N–C) groups is 1. The van der Waals surface area contributed by atoms with E-state index in [1.165, 1.54) is 0 Å². The zero-order valence-electron chi connectivity index (χ0n) is 15.2. The van der Waals surface area contributed by atoms with Crippen molar-refractivity contribution < 1.29 is 9.47 Å². The fraction of sp³-hybridized carbons (Fsp3) is 0.316. The fourth-order valence-electron chi connectivity index (χ4n) is 2.33. The molecule has 0 radical (unpaired) electrons. The Hall–Kier alpha value is -1.67. The van der Waals surface area contributed by atoms with Crippen molar-refractivity contribution in [1.29, 1.82) is 0 Å². The average Bonchev–Trinajstić information content (AvgIpc) is 2.64. The molecule has 7 heteroatoms. The van der Waals surface area contributed by atoms with Crippen LogP contribution in [0.4, 0.5) is 0 Å². The Morgan fingerprint density at radius 3 is 2.58 bits per heavy atom. The lowest BCUT2D eigenvalue weighted by Gasteiger charge is -2.14. The molecule has 0 spiro atoms. The SMILES string of the molecule is CCNC(=NCc1cccc(OC)c1)NCc1ccc(Cl)cc1OC.I. The van der Waals surface area contributed by atoms with E-state index in [0.717, 1.165) is 35.1 Å². The van der Waals surface area contributed by atoms with Gasteiger partial charge in [0.25, 0.3) is 0 Å². The zero-order chi connectivity index (χ0) is 18.1. The van der Waals surface area contributed by atoms with Crippen molar-refractivity contribution in [2.24, 2.45) is 4.99 Å². The van der Waals surface area contributed by atoms with Gasteiger partial charge in [-0.2, -0.15) is 0 Å². The molecule has 0 aliphatic heterocycles. The van der Waals surface area contributed by atoms with E-state index in [9.17, 15) is 0 Å². The maximum Gasteiger partial charge on any atom is 0.191 e. The van der Waals surface area contributed by atoms with Crippen LogP contribution < -0.4 is 20.1 Å². The summed E-state index contributed by atoms with van der Waals surface area (Å²) in [5.41, 5.74) is 2.10. The van der Waals surface area contributed by atoms with Crippen LogP contribution in [0.2, 0.25) is 5.02 Å². The summed E-state index contributed by atoms with van der Waals surface area (Å²) in [5, 5.41) is 7.21. The maximum atomic E-state index is 6.00. The van der Waals surface area contributed by atoms with Gasteiger partial charge in [0.15, 0.2) is 5.96 Å². The fourth-order valence-corrected chi connectivity index (χ4v) is 2.49. The van der Waals surface area contributed by atoms with Gasteiger partial charge < -0.3 is 20.1 Å². The molecule has 0 aliphatic rings. The number of hydrogen-bond donors (Lipinski definition) is 2. The third-order valence-corrected chi connectivity index (χ3v) is 3.83. The van der Waals surface area contributed by atoms with Crippen LogP contribution in [0.1, 0.15) is 18.1 Å². The summed E-state index contributed by atoms with van der Waals surface area (Å²) in [7, 11) is 3.30. The van der Waals surface area contributed by atoms with Crippen LogP contribution in [0, 0.1) is 0 Å². The number of hydrogen-bond acceptors (Lipinski definition) is 3. The van der Waals surface area contributed by atoms with Crippen LogP contribution in [-0.2, 0) is 13.1 Å². The van der Waals surface area contributed by atoms with Crippen LogP contribution >= 0.6 is 35.6 Å². The standard InChI is InChI=1S/C19H24ClN3O2.HI/c1-4-21-19(22-12-14-6-5-7-17(10-14)24-2)23-13-15-8-9-16(20)11-18(15)25-3;/h5-11H,4,12-13H2,1-3H3,(H2,21,22,23);1H. The smallest absolute Gasteiger partial charge is 0.191 e. The van der Waals surface area contributed by atoms with Crippen molar-refractivity contribution in [3.8, 4) is 11.5 Å². The lowest BCUT2D eigenvalue weighted by molar-refractivity contribution is 0.409. The molecule has 2 aromatic rings. The second-order valence-electron chi connectivity index (χ2n) is 5.36. The van der Waals surface area contributed by atoms with Crippen molar-refractivity contribution in [1.82, 2.24) is 10.6 Å². The van der Waals surface area contributed by atoms with E-state index in [0.29, 0.717) is 18.1 Å². The molecule has 5 nitrogen and oxygen atoms in total. The van der Waals surface area contributed by atoms with Crippen molar-refractivity contribution in [2.45, 2.75) is 20.0 Å². The van der Waals surface area contributed by atoms with Gasteiger partial charge in [0, 0.05) is 23.7 Å². The topological polar surface area (TPSA) is 54.9 Å². The lowest BCUT2D eigenvalue weighted by atomic mass is 10.2. The van der Waals surface area contributed by atoms with Crippen LogP contribution in [0.5, 0.6) is 11.5 Å². The highest BCUT2D eigenvalue weighted by atomic mass is 127. The summed E-state index contributed by atoms with van der Waals surface area (Å²) in [6.07, 6.45) is 0. The molecule has 0 saturated heterocycles. The summed E-state index contributed by atoms with van der Waals surface area (Å²) in [6.45, 7) is 3.96. The number of halogens is 2. The molecule has 0 fully saturated rings. The highest BCUT2D eigenvalue weighted by Gasteiger charge is 2.05. The molecule has 2 N–H and O–H groups in total. The van der Waals surface area contributed by atoms with Crippen molar-refractivity contribution in [2.75, 3.05) is 20.8 Å². The third-order valence-electron chi connectivity index (χ3n) is 3.59. The number of nitrogens with one attached hydrogen (secondary N) is 2. The van der Waals surface area contributed by atoms with Gasteiger partial charge in [0.05, 0.1) is 20.8 Å². The number of benzene rings is 2. The van der Waals surface area contributed by atoms with Crippen molar-refractivity contribution in [3.63, 3.8) is 0 Å². The lowest BCUT2D eigenvalue weighted by Crippen LogP contribution is -2.36. The highest BCUT2D eigenvalue weighted by molar-refractivity contribution is 14.0. The largest absolute Gasteiger partial charge is 0.497 e. The Morgan fingerprint density at radius 2 is 1.88 bits per heavy atom. The zero-order valence-corrected chi connectivity index (χ0v) is 18.3. The molecule has 0 aromatic heterocycles. The van der Waals surface area contributed by atoms with E-state index in [1.54, 1.807) is 20.3 Å². The molecular formula is C19H25ClIN3O2. The predicted molar refractivity (Wildman–Crippen MR) is 118 cm³/mol. The summed E-state index contributed by atoms with van der Waals surface area (Å²) >= 11 is 6.00. The molecule has 0 atom stereocenters. The van der Waals surface area contributed by atoms with E-state index in [1.807, 2.05) is 43.3 Å². The monoisotopic (exact) mass is 489 g/mol. The van der Waals surface area contributed by atoms with E-state index in [-0.39, 0.29) is 24.0 Å². The minimum Gasteiger partial charge on any atom is -0.497 e. The van der Waals surface area contributed by atoms with E-state index < -0.39 is 0 Å². The maximum absolute atomic E-state index is 6.00. The van der Waals surface area contributed by atoms with Crippen LogP contribution in [0.25, 0.3) is 0 Å². The predicted octanol–water partition coefficient (Wildman–Crippen LogP) is 4.23. The van der Waals surface area contributed by atoms with Gasteiger partial charge >= 0.3 is 0 Å². The number of methoxy groups -OCH3 is 2. The van der Waals surface area contributed by atoms with Crippen molar-refractivity contribution in [3.05, 3.63) is 58.6 Å². The van der Waals surface area contributed by atoms with Gasteiger partial charge in [-0.1, -0.05) is 29.8 Å². The first-order chi connectivity index (χ1) is 12.2. The Morgan fingerprint density at radius 1 is 1.08 bits per heavy atom. The number of rotatable bonds is 7. The second-order valence-corrected chi connectivity index (χ2v) is 5.79. The van der Waals surface area contributed by atoms with Gasteiger partial charge in [-0.15, -0.1) is 24.0 Å². The molecule has 2 rings (SSSR count). The van der Waals surface area contributed by atoms with Gasteiger partial charge in [-0.3, -0.25) is 0 Å². The minimum atomic E-state index is 0. The first-order valence-corrected chi connectivity index (χ1v) is 8.51.